The number of ether oxygens (including phenoxy) is 5. The summed E-state index contributed by atoms with van der Waals surface area (Å²) >= 11 is 0. The molecule has 1 heterocycles. The lowest BCUT2D eigenvalue weighted by Gasteiger charge is -2.46. The number of aliphatic hydroxyl groups is 1. The van der Waals surface area contributed by atoms with Gasteiger partial charge in [0.05, 0.1) is 19.3 Å². The number of hydrogen-bond acceptors (Lipinski definition) is 9. The van der Waals surface area contributed by atoms with Crippen LogP contribution in [-0.4, -0.2) is 69.8 Å². The van der Waals surface area contributed by atoms with Gasteiger partial charge in [-0.2, -0.15) is 0 Å². The van der Waals surface area contributed by atoms with Crippen LogP contribution in [0, 0.1) is 6.92 Å². The highest BCUT2D eigenvalue weighted by molar-refractivity contribution is 6.99. The molecule has 0 amide bonds. The van der Waals surface area contributed by atoms with Gasteiger partial charge >= 0.3 is 11.9 Å². The minimum absolute atomic E-state index is 0.0779. The third kappa shape index (κ3) is 8.05. The average molecular weight is 685 g/mol. The molecule has 9 nitrogen and oxygen atoms in total. The molecule has 1 fully saturated rings. The molecule has 0 spiro atoms. The third-order valence-corrected chi connectivity index (χ3v) is 13.6. The van der Waals surface area contributed by atoms with Crippen molar-refractivity contribution in [1.82, 2.24) is 0 Å². The molecular formula is C39H44O9Si. The summed E-state index contributed by atoms with van der Waals surface area (Å²) < 4.78 is 36.7. The maximum Gasteiger partial charge on any atom is 0.338 e. The lowest BCUT2D eigenvalue weighted by Crippen LogP contribution is -2.68. The smallest absolute Gasteiger partial charge is 0.338 e. The van der Waals surface area contributed by atoms with E-state index in [1.165, 1.54) is 6.92 Å². The van der Waals surface area contributed by atoms with Gasteiger partial charge in [-0.05, 0) is 58.7 Å². The highest BCUT2D eigenvalue weighted by Crippen LogP contribution is 2.38. The number of aliphatic hydroxyl groups excluding tert-OH is 1. The summed E-state index contributed by atoms with van der Waals surface area (Å²) in [4.78, 5) is 25.8. The Morgan fingerprint density at radius 2 is 1.33 bits per heavy atom. The molecule has 0 aliphatic carbocycles. The molecular weight excluding hydrogens is 641 g/mol. The van der Waals surface area contributed by atoms with Crippen LogP contribution >= 0.6 is 0 Å². The molecule has 49 heavy (non-hydrogen) atoms. The number of rotatable bonds is 11. The summed E-state index contributed by atoms with van der Waals surface area (Å²) in [6.45, 7) is 9.51. The van der Waals surface area contributed by atoms with Gasteiger partial charge in [0.2, 0.25) is 6.29 Å². The maximum atomic E-state index is 13.5. The van der Waals surface area contributed by atoms with Crippen LogP contribution in [0.25, 0.3) is 0 Å². The molecule has 5 atom stereocenters. The van der Waals surface area contributed by atoms with Crippen LogP contribution in [0.5, 0.6) is 11.5 Å². The first kappa shape index (κ1) is 35.8. The normalized spacial score (nSPS) is 21.0. The Balaban J connectivity index is 1.55. The van der Waals surface area contributed by atoms with Gasteiger partial charge in [-0.15, -0.1) is 0 Å². The van der Waals surface area contributed by atoms with E-state index >= 15 is 0 Å². The zero-order valence-corrected chi connectivity index (χ0v) is 29.7. The predicted molar refractivity (Wildman–Crippen MR) is 188 cm³/mol. The summed E-state index contributed by atoms with van der Waals surface area (Å²) in [5.41, 5.74) is 1.27. The van der Waals surface area contributed by atoms with Crippen molar-refractivity contribution in [2.45, 2.75) is 70.4 Å². The van der Waals surface area contributed by atoms with Gasteiger partial charge in [0.1, 0.15) is 23.7 Å². The molecule has 5 rings (SSSR count). The van der Waals surface area contributed by atoms with Crippen LogP contribution in [0.2, 0.25) is 5.04 Å². The van der Waals surface area contributed by atoms with Crippen LogP contribution in [0.15, 0.2) is 109 Å². The van der Waals surface area contributed by atoms with Crippen molar-refractivity contribution in [3.63, 3.8) is 0 Å². The summed E-state index contributed by atoms with van der Waals surface area (Å²) in [7, 11) is -1.53. The number of carbonyl (C=O) groups excluding carboxylic acids is 2. The maximum absolute atomic E-state index is 13.5. The minimum atomic E-state index is -3.09. The van der Waals surface area contributed by atoms with Crippen molar-refractivity contribution in [3.05, 3.63) is 120 Å². The fraction of sp³-hybridized carbons (Fsp3) is 0.333. The standard InChI is InChI=1S/C39H44O9Si/c1-26-17-19-28(20-18-26)37(42)48-35-33(47-38(36(34(35)41)45-27(2)40)46-30-23-21-29(43-6)22-24-30)25-44-49(39(3,4)5,31-13-9-7-10-14-31)32-15-11-8-12-16-32/h7-24,33-36,38,41H,25H2,1-6H3/t33-,34+,35+,36-,38?/m1/s1. The fourth-order valence-electron chi connectivity index (χ4n) is 6.22. The van der Waals surface area contributed by atoms with Gasteiger partial charge < -0.3 is 33.2 Å². The third-order valence-electron chi connectivity index (χ3n) is 8.64. The molecule has 1 unspecified atom stereocenters. The van der Waals surface area contributed by atoms with Crippen LogP contribution < -0.4 is 19.8 Å². The quantitative estimate of drug-likeness (QED) is 0.168. The van der Waals surface area contributed by atoms with Crippen LogP contribution in [0.3, 0.4) is 0 Å². The van der Waals surface area contributed by atoms with Crippen molar-refractivity contribution in [3.8, 4) is 11.5 Å². The number of hydrogen-bond donors (Lipinski definition) is 1. The van der Waals surface area contributed by atoms with Gasteiger partial charge in [-0.25, -0.2) is 4.79 Å². The van der Waals surface area contributed by atoms with Crippen molar-refractivity contribution in [2.75, 3.05) is 13.7 Å². The van der Waals surface area contributed by atoms with E-state index in [4.69, 9.17) is 28.1 Å². The molecule has 1 N–H and O–H groups in total. The lowest BCUT2D eigenvalue weighted by atomic mass is 9.98. The Labute approximate surface area is 288 Å². The first-order valence-electron chi connectivity index (χ1n) is 16.3. The van der Waals surface area contributed by atoms with Gasteiger partial charge in [0.25, 0.3) is 8.32 Å². The number of aryl methyl sites for hydroxylation is 1. The van der Waals surface area contributed by atoms with Gasteiger partial charge in [0.15, 0.2) is 12.2 Å². The minimum Gasteiger partial charge on any atom is -0.497 e. The van der Waals surface area contributed by atoms with E-state index < -0.39 is 51.0 Å². The van der Waals surface area contributed by atoms with Gasteiger partial charge in [0, 0.05) is 6.92 Å². The van der Waals surface area contributed by atoms with Crippen molar-refractivity contribution in [1.29, 1.82) is 0 Å². The Morgan fingerprint density at radius 1 is 0.776 bits per heavy atom. The average Bonchev–Trinajstić information content (AvgIpc) is 3.09. The number of esters is 2. The number of benzene rings is 4. The SMILES string of the molecule is COc1ccc(OC2O[C@H](CO[Si](c3ccccc3)(c3ccccc3)C(C)(C)C)[C@H](OC(=O)c3ccc(C)cc3)[C@H](O)[C@H]2OC(C)=O)cc1. The number of methoxy groups -OCH3 is 1. The Morgan fingerprint density at radius 3 is 1.84 bits per heavy atom. The second-order valence-electron chi connectivity index (χ2n) is 13.1. The number of carbonyl (C=O) groups is 2. The Hall–Kier alpha value is -4.48. The molecule has 1 aliphatic rings. The van der Waals surface area contributed by atoms with Gasteiger partial charge in [-0.3, -0.25) is 4.79 Å². The molecule has 1 saturated heterocycles. The largest absolute Gasteiger partial charge is 0.497 e. The summed E-state index contributed by atoms with van der Waals surface area (Å²) in [5, 5.41) is 13.6. The first-order chi connectivity index (χ1) is 23.4. The second-order valence-corrected chi connectivity index (χ2v) is 17.4. The lowest BCUT2D eigenvalue weighted by molar-refractivity contribution is -0.280. The molecule has 4 aromatic rings. The van der Waals surface area contributed by atoms with E-state index in [1.807, 2.05) is 43.3 Å². The Kier molecular flexibility index (Phi) is 11.2. The molecule has 0 radical (unpaired) electrons. The van der Waals surface area contributed by atoms with Crippen LogP contribution in [0.4, 0.5) is 0 Å². The molecule has 10 heteroatoms. The van der Waals surface area contributed by atoms with E-state index in [0.29, 0.717) is 17.1 Å². The summed E-state index contributed by atoms with van der Waals surface area (Å²) in [6, 6.07) is 33.9. The van der Waals surface area contributed by atoms with Crippen molar-refractivity contribution >= 4 is 30.6 Å². The molecule has 4 aromatic carbocycles. The highest BCUT2D eigenvalue weighted by atomic mass is 28.4. The topological polar surface area (TPSA) is 110 Å². The molecule has 1 aliphatic heterocycles. The molecule has 0 saturated carbocycles. The molecule has 258 valence electrons. The van der Waals surface area contributed by atoms with E-state index in [1.54, 1.807) is 55.6 Å². The predicted octanol–water partition coefficient (Wildman–Crippen LogP) is 5.20. The second kappa shape index (κ2) is 15.4. The van der Waals surface area contributed by atoms with Crippen molar-refractivity contribution < 1.29 is 42.8 Å². The summed E-state index contributed by atoms with van der Waals surface area (Å²) in [6.07, 6.45) is -6.44. The van der Waals surface area contributed by atoms with E-state index in [0.717, 1.165) is 15.9 Å². The van der Waals surface area contributed by atoms with Crippen LogP contribution in [-0.2, 0) is 23.4 Å². The van der Waals surface area contributed by atoms with Crippen LogP contribution in [0.1, 0.15) is 43.6 Å². The van der Waals surface area contributed by atoms with E-state index in [-0.39, 0.29) is 11.6 Å². The summed E-state index contributed by atoms with van der Waals surface area (Å²) in [5.74, 6) is -0.328. The van der Waals surface area contributed by atoms with E-state index in [2.05, 4.69) is 45.0 Å². The van der Waals surface area contributed by atoms with Crippen molar-refractivity contribution in [2.24, 2.45) is 0 Å². The zero-order valence-electron chi connectivity index (χ0n) is 28.7. The monoisotopic (exact) mass is 684 g/mol. The van der Waals surface area contributed by atoms with Gasteiger partial charge in [-0.1, -0.05) is 99.1 Å². The first-order valence-corrected chi connectivity index (χ1v) is 18.2. The highest BCUT2D eigenvalue weighted by Gasteiger charge is 2.54. The zero-order chi connectivity index (χ0) is 35.2. The van der Waals surface area contributed by atoms with E-state index in [9.17, 15) is 14.7 Å². The Bertz CT molecular complexity index is 1630. The molecule has 0 aromatic heterocycles. The molecule has 0 bridgehead atoms. The fourth-order valence-corrected chi connectivity index (χ4v) is 10.8.